The van der Waals surface area contributed by atoms with Gasteiger partial charge in [0.05, 0.1) is 0 Å². The van der Waals surface area contributed by atoms with E-state index in [1.807, 2.05) is 12.1 Å². The van der Waals surface area contributed by atoms with Crippen molar-refractivity contribution in [3.63, 3.8) is 0 Å². The fourth-order valence-electron chi connectivity index (χ4n) is 1.75. The van der Waals surface area contributed by atoms with Crippen molar-refractivity contribution in [3.8, 4) is 0 Å². The first-order valence-corrected chi connectivity index (χ1v) is 6.35. The van der Waals surface area contributed by atoms with Crippen LogP contribution < -0.4 is 5.32 Å². The monoisotopic (exact) mass is 267 g/mol. The molecule has 0 spiro atoms. The summed E-state index contributed by atoms with van der Waals surface area (Å²) in [5.41, 5.74) is 1.67. The highest BCUT2D eigenvalue weighted by molar-refractivity contribution is 5.72. The molecule has 0 heterocycles. The number of rotatable bonds is 7. The predicted molar refractivity (Wildman–Crippen MR) is 71.5 cm³/mol. The number of hydrogen-bond acceptors (Lipinski definition) is 4. The molecule has 0 aliphatic carbocycles. The first kappa shape index (κ1) is 15.6. The summed E-state index contributed by atoms with van der Waals surface area (Å²) in [6.45, 7) is 1.53. The maximum Gasteiger partial charge on any atom is 0.216 e. The zero-order chi connectivity index (χ0) is 14.3. The van der Waals surface area contributed by atoms with E-state index in [-0.39, 0.29) is 19.1 Å². The number of amides is 1. The summed E-state index contributed by atoms with van der Waals surface area (Å²) in [6, 6.07) is 7.21. The highest BCUT2D eigenvalue weighted by Gasteiger charge is 2.18. The first-order valence-electron chi connectivity index (χ1n) is 6.35. The standard InChI is InChI=1S/C14H21NO4/c1-10(17)15-9-13(18)14(19)12-6-4-11(5-7-12)3-2-8-16/h4-7,13-14,16,18-19H,2-3,8-9H2,1H3,(H,15,17). The van der Waals surface area contributed by atoms with Gasteiger partial charge in [-0.3, -0.25) is 4.79 Å². The molecule has 106 valence electrons. The van der Waals surface area contributed by atoms with Gasteiger partial charge in [0, 0.05) is 20.1 Å². The third-order valence-electron chi connectivity index (χ3n) is 2.87. The minimum atomic E-state index is -1.04. The molecule has 0 fully saturated rings. The van der Waals surface area contributed by atoms with Crippen molar-refractivity contribution in [2.75, 3.05) is 13.2 Å². The van der Waals surface area contributed by atoms with E-state index in [2.05, 4.69) is 5.32 Å². The van der Waals surface area contributed by atoms with Gasteiger partial charge >= 0.3 is 0 Å². The Morgan fingerprint density at radius 1 is 1.26 bits per heavy atom. The second-order valence-corrected chi connectivity index (χ2v) is 4.52. The highest BCUT2D eigenvalue weighted by atomic mass is 16.3. The molecule has 4 N–H and O–H groups in total. The topological polar surface area (TPSA) is 89.8 Å². The zero-order valence-electron chi connectivity index (χ0n) is 11.0. The van der Waals surface area contributed by atoms with Crippen LogP contribution in [0.3, 0.4) is 0 Å². The minimum Gasteiger partial charge on any atom is -0.396 e. The molecule has 1 aromatic rings. The van der Waals surface area contributed by atoms with E-state index < -0.39 is 12.2 Å². The lowest BCUT2D eigenvalue weighted by molar-refractivity contribution is -0.119. The maximum absolute atomic E-state index is 10.7. The molecule has 1 amide bonds. The fourth-order valence-corrected chi connectivity index (χ4v) is 1.75. The second-order valence-electron chi connectivity index (χ2n) is 4.52. The van der Waals surface area contributed by atoms with Gasteiger partial charge < -0.3 is 20.6 Å². The molecule has 1 aromatic carbocycles. The van der Waals surface area contributed by atoms with Crippen LogP contribution in [0.2, 0.25) is 0 Å². The predicted octanol–water partition coefficient (Wildman–Crippen LogP) is 0.142. The van der Waals surface area contributed by atoms with Crippen LogP contribution >= 0.6 is 0 Å². The fraction of sp³-hybridized carbons (Fsp3) is 0.500. The second kappa shape index (κ2) is 7.89. The van der Waals surface area contributed by atoms with Gasteiger partial charge in [-0.1, -0.05) is 24.3 Å². The molecule has 2 atom stereocenters. The molecular weight excluding hydrogens is 246 g/mol. The Bertz CT molecular complexity index is 391. The summed E-state index contributed by atoms with van der Waals surface area (Å²) < 4.78 is 0. The Morgan fingerprint density at radius 2 is 1.89 bits per heavy atom. The summed E-state index contributed by atoms with van der Waals surface area (Å²) in [4.78, 5) is 10.7. The molecule has 1 rings (SSSR count). The van der Waals surface area contributed by atoms with Crippen molar-refractivity contribution in [2.24, 2.45) is 0 Å². The SMILES string of the molecule is CC(=O)NCC(O)C(O)c1ccc(CCCO)cc1. The van der Waals surface area contributed by atoms with E-state index in [1.165, 1.54) is 6.92 Å². The molecule has 0 saturated heterocycles. The van der Waals surface area contributed by atoms with E-state index in [4.69, 9.17) is 5.11 Å². The number of aryl methyl sites for hydroxylation is 1. The van der Waals surface area contributed by atoms with E-state index >= 15 is 0 Å². The van der Waals surface area contributed by atoms with Gasteiger partial charge in [0.15, 0.2) is 0 Å². The molecular formula is C14H21NO4. The van der Waals surface area contributed by atoms with Crippen molar-refractivity contribution in [1.82, 2.24) is 5.32 Å². The van der Waals surface area contributed by atoms with Crippen LogP contribution in [-0.2, 0) is 11.2 Å². The molecule has 0 radical (unpaired) electrons. The molecule has 5 heteroatoms. The molecule has 19 heavy (non-hydrogen) atoms. The van der Waals surface area contributed by atoms with Crippen LogP contribution in [0, 0.1) is 0 Å². The van der Waals surface area contributed by atoms with E-state index in [1.54, 1.807) is 12.1 Å². The van der Waals surface area contributed by atoms with Crippen LogP contribution in [0.1, 0.15) is 30.6 Å². The number of hydrogen-bond donors (Lipinski definition) is 4. The van der Waals surface area contributed by atoms with Crippen molar-refractivity contribution in [1.29, 1.82) is 0 Å². The molecule has 2 unspecified atom stereocenters. The number of carbonyl (C=O) groups is 1. The Morgan fingerprint density at radius 3 is 2.42 bits per heavy atom. The Kier molecular flexibility index (Phi) is 6.49. The van der Waals surface area contributed by atoms with Crippen LogP contribution in [0.15, 0.2) is 24.3 Å². The quantitative estimate of drug-likeness (QED) is 0.566. The van der Waals surface area contributed by atoms with Gasteiger partial charge in [-0.05, 0) is 24.0 Å². The normalized spacial score (nSPS) is 13.9. The number of carbonyl (C=O) groups excluding carboxylic acids is 1. The summed E-state index contributed by atoms with van der Waals surface area (Å²) in [7, 11) is 0. The molecule has 0 saturated carbocycles. The number of nitrogens with one attached hydrogen (secondary N) is 1. The Hall–Kier alpha value is -1.43. The van der Waals surface area contributed by atoms with Gasteiger partial charge in [0.1, 0.15) is 12.2 Å². The third kappa shape index (κ3) is 5.38. The summed E-state index contributed by atoms with van der Waals surface area (Å²) in [5, 5.41) is 30.9. The lowest BCUT2D eigenvalue weighted by Crippen LogP contribution is -2.34. The molecule has 0 aliphatic heterocycles. The van der Waals surface area contributed by atoms with Crippen molar-refractivity contribution in [2.45, 2.75) is 32.0 Å². The maximum atomic E-state index is 10.7. The van der Waals surface area contributed by atoms with Crippen LogP contribution in [0.25, 0.3) is 0 Å². The number of aliphatic hydroxyl groups excluding tert-OH is 3. The van der Waals surface area contributed by atoms with Gasteiger partial charge in [-0.2, -0.15) is 0 Å². The lowest BCUT2D eigenvalue weighted by atomic mass is 10.0. The van der Waals surface area contributed by atoms with Crippen LogP contribution in [-0.4, -0.2) is 40.5 Å². The number of aliphatic hydroxyl groups is 3. The molecule has 0 aliphatic rings. The smallest absolute Gasteiger partial charge is 0.216 e. The van der Waals surface area contributed by atoms with Crippen molar-refractivity contribution >= 4 is 5.91 Å². The first-order chi connectivity index (χ1) is 9.04. The Balaban J connectivity index is 2.56. The van der Waals surface area contributed by atoms with E-state index in [0.717, 1.165) is 12.0 Å². The average Bonchev–Trinajstić information content (AvgIpc) is 2.42. The summed E-state index contributed by atoms with van der Waals surface area (Å²) in [6.07, 6.45) is -0.583. The minimum absolute atomic E-state index is 0.0166. The largest absolute Gasteiger partial charge is 0.396 e. The third-order valence-corrected chi connectivity index (χ3v) is 2.87. The van der Waals surface area contributed by atoms with Crippen molar-refractivity contribution < 1.29 is 20.1 Å². The average molecular weight is 267 g/mol. The van der Waals surface area contributed by atoms with Gasteiger partial charge in [0.25, 0.3) is 0 Å². The van der Waals surface area contributed by atoms with Gasteiger partial charge in [0.2, 0.25) is 5.91 Å². The molecule has 5 nitrogen and oxygen atoms in total. The Labute approximate surface area is 112 Å². The lowest BCUT2D eigenvalue weighted by Gasteiger charge is -2.18. The van der Waals surface area contributed by atoms with Gasteiger partial charge in [-0.25, -0.2) is 0 Å². The summed E-state index contributed by atoms with van der Waals surface area (Å²) in [5.74, 6) is -0.245. The van der Waals surface area contributed by atoms with E-state index in [0.29, 0.717) is 12.0 Å². The number of benzene rings is 1. The van der Waals surface area contributed by atoms with Gasteiger partial charge in [-0.15, -0.1) is 0 Å². The highest BCUT2D eigenvalue weighted by Crippen LogP contribution is 2.17. The van der Waals surface area contributed by atoms with Crippen LogP contribution in [0.4, 0.5) is 0 Å². The zero-order valence-corrected chi connectivity index (χ0v) is 11.0. The summed E-state index contributed by atoms with van der Waals surface area (Å²) >= 11 is 0. The molecule has 0 bridgehead atoms. The molecule has 0 aromatic heterocycles. The van der Waals surface area contributed by atoms with Crippen LogP contribution in [0.5, 0.6) is 0 Å². The van der Waals surface area contributed by atoms with E-state index in [9.17, 15) is 15.0 Å². The van der Waals surface area contributed by atoms with Crippen molar-refractivity contribution in [3.05, 3.63) is 35.4 Å².